The molecule has 3 rings (SSSR count). The first-order valence-electron chi connectivity index (χ1n) is 10.2. The lowest BCUT2D eigenvalue weighted by Gasteiger charge is -2.31. The van der Waals surface area contributed by atoms with Crippen molar-refractivity contribution < 1.29 is 9.59 Å². The Morgan fingerprint density at radius 1 is 1.20 bits per heavy atom. The van der Waals surface area contributed by atoms with Crippen LogP contribution in [0.4, 0.5) is 5.00 Å². The van der Waals surface area contributed by atoms with Gasteiger partial charge in [0.25, 0.3) is 11.8 Å². The van der Waals surface area contributed by atoms with Crippen LogP contribution >= 0.6 is 22.9 Å². The van der Waals surface area contributed by atoms with Crippen molar-refractivity contribution in [2.45, 2.75) is 39.7 Å². The molecule has 1 saturated heterocycles. The summed E-state index contributed by atoms with van der Waals surface area (Å²) in [4.78, 5) is 28.3. The molecule has 30 heavy (non-hydrogen) atoms. The van der Waals surface area contributed by atoms with E-state index in [1.54, 1.807) is 24.3 Å². The summed E-state index contributed by atoms with van der Waals surface area (Å²) in [6, 6.07) is 8.92. The summed E-state index contributed by atoms with van der Waals surface area (Å²) in [7, 11) is 0. The fourth-order valence-corrected chi connectivity index (χ4v) is 4.61. The highest BCUT2D eigenvalue weighted by Gasteiger charge is 2.23. The van der Waals surface area contributed by atoms with Gasteiger partial charge in [0.05, 0.1) is 20.5 Å². The number of benzene rings is 1. The second-order valence-corrected chi connectivity index (χ2v) is 9.35. The second-order valence-electron chi connectivity index (χ2n) is 7.89. The molecule has 7 heteroatoms. The Labute approximate surface area is 187 Å². The van der Waals surface area contributed by atoms with Crippen LogP contribution in [-0.4, -0.2) is 42.4 Å². The molecular weight excluding hydrogens is 418 g/mol. The Bertz CT molecular complexity index is 942. The number of nitrogens with zero attached hydrogens (tertiary/aromatic N) is 1. The maximum absolute atomic E-state index is 12.8. The molecule has 2 aromatic rings. The number of amides is 2. The Kier molecular flexibility index (Phi) is 7.69. The van der Waals surface area contributed by atoms with E-state index in [0.717, 1.165) is 38.0 Å². The Hall–Kier alpha value is -2.15. The highest BCUT2D eigenvalue weighted by molar-refractivity contribution is 7.18. The van der Waals surface area contributed by atoms with Gasteiger partial charge in [0.2, 0.25) is 0 Å². The molecular formula is C23H28ClN3O2S. The predicted octanol–water partition coefficient (Wildman–Crippen LogP) is 5.12. The van der Waals surface area contributed by atoms with Crippen LogP contribution in [0.1, 0.15) is 52.3 Å². The molecule has 5 nitrogen and oxygen atoms in total. The van der Waals surface area contributed by atoms with Gasteiger partial charge in [-0.1, -0.05) is 35.4 Å². The second kappa shape index (κ2) is 10.2. The zero-order valence-electron chi connectivity index (χ0n) is 17.6. The fourth-order valence-electron chi connectivity index (χ4n) is 3.42. The van der Waals surface area contributed by atoms with E-state index in [9.17, 15) is 9.59 Å². The van der Waals surface area contributed by atoms with Gasteiger partial charge >= 0.3 is 0 Å². The number of anilines is 1. The number of carbonyl (C=O) groups is 2. The number of hydrogen-bond acceptors (Lipinski definition) is 4. The molecule has 1 aliphatic rings. The Balaban J connectivity index is 1.56. The predicted molar refractivity (Wildman–Crippen MR) is 125 cm³/mol. The first-order chi connectivity index (χ1) is 14.3. The quantitative estimate of drug-likeness (QED) is 0.606. The van der Waals surface area contributed by atoms with Crippen molar-refractivity contribution in [2.24, 2.45) is 0 Å². The van der Waals surface area contributed by atoms with Crippen molar-refractivity contribution in [3.63, 3.8) is 0 Å². The SMILES string of the molecule is CC(C)=CCN1CCC(NC(=O)c2sc(NC(=O)c3ccccc3Cl)cc2C)CC1. The van der Waals surface area contributed by atoms with Gasteiger partial charge in [-0.05, 0) is 57.4 Å². The first-order valence-corrected chi connectivity index (χ1v) is 11.4. The highest BCUT2D eigenvalue weighted by atomic mass is 35.5. The lowest BCUT2D eigenvalue weighted by atomic mass is 10.0. The fraction of sp³-hybridized carbons (Fsp3) is 0.391. The molecule has 160 valence electrons. The maximum atomic E-state index is 12.8. The summed E-state index contributed by atoms with van der Waals surface area (Å²) in [5.74, 6) is -0.351. The van der Waals surface area contributed by atoms with E-state index < -0.39 is 0 Å². The summed E-state index contributed by atoms with van der Waals surface area (Å²) in [6.07, 6.45) is 4.14. The summed E-state index contributed by atoms with van der Waals surface area (Å²) in [6.45, 7) is 9.05. The number of nitrogens with one attached hydrogen (secondary N) is 2. The third-order valence-electron chi connectivity index (χ3n) is 5.16. The van der Waals surface area contributed by atoms with E-state index in [-0.39, 0.29) is 17.9 Å². The molecule has 0 radical (unpaired) electrons. The van der Waals surface area contributed by atoms with Crippen LogP contribution in [-0.2, 0) is 0 Å². The van der Waals surface area contributed by atoms with Gasteiger partial charge in [0.15, 0.2) is 0 Å². The molecule has 2 amide bonds. The van der Waals surface area contributed by atoms with Crippen LogP contribution in [0.5, 0.6) is 0 Å². The van der Waals surface area contributed by atoms with Crippen molar-refractivity contribution in [2.75, 3.05) is 25.0 Å². The zero-order valence-corrected chi connectivity index (χ0v) is 19.2. The number of aryl methyl sites for hydroxylation is 1. The number of rotatable bonds is 6. The number of piperidine rings is 1. The molecule has 2 N–H and O–H groups in total. The molecule has 1 aliphatic heterocycles. The summed E-state index contributed by atoms with van der Waals surface area (Å²) in [5, 5.41) is 7.05. The highest BCUT2D eigenvalue weighted by Crippen LogP contribution is 2.28. The zero-order chi connectivity index (χ0) is 21.7. The summed E-state index contributed by atoms with van der Waals surface area (Å²) >= 11 is 7.39. The molecule has 1 aromatic heterocycles. The largest absolute Gasteiger partial charge is 0.349 e. The van der Waals surface area contributed by atoms with Gasteiger partial charge in [0, 0.05) is 25.7 Å². The lowest BCUT2D eigenvalue weighted by Crippen LogP contribution is -2.44. The van der Waals surface area contributed by atoms with Crippen molar-refractivity contribution in [1.29, 1.82) is 0 Å². The van der Waals surface area contributed by atoms with E-state index in [2.05, 4.69) is 35.5 Å². The molecule has 0 bridgehead atoms. The smallest absolute Gasteiger partial charge is 0.261 e. The van der Waals surface area contributed by atoms with Crippen LogP contribution in [0.25, 0.3) is 0 Å². The number of halogens is 1. The van der Waals surface area contributed by atoms with Crippen LogP contribution < -0.4 is 10.6 Å². The van der Waals surface area contributed by atoms with Crippen LogP contribution in [0.15, 0.2) is 42.0 Å². The molecule has 0 saturated carbocycles. The van der Waals surface area contributed by atoms with Crippen molar-refractivity contribution >= 4 is 39.8 Å². The first kappa shape index (κ1) is 22.5. The average Bonchev–Trinajstić information content (AvgIpc) is 3.07. The number of thiophene rings is 1. The topological polar surface area (TPSA) is 61.4 Å². The van der Waals surface area contributed by atoms with Gasteiger partial charge < -0.3 is 10.6 Å². The molecule has 0 unspecified atom stereocenters. The van der Waals surface area contributed by atoms with Gasteiger partial charge in [-0.15, -0.1) is 11.3 Å². The van der Waals surface area contributed by atoms with Crippen molar-refractivity contribution in [1.82, 2.24) is 10.2 Å². The lowest BCUT2D eigenvalue weighted by molar-refractivity contribution is 0.0917. The Morgan fingerprint density at radius 3 is 2.57 bits per heavy atom. The Morgan fingerprint density at radius 2 is 1.90 bits per heavy atom. The number of carbonyl (C=O) groups excluding carboxylic acids is 2. The van der Waals surface area contributed by atoms with Gasteiger partial charge in [0.1, 0.15) is 0 Å². The third kappa shape index (κ3) is 5.94. The molecule has 1 fully saturated rings. The monoisotopic (exact) mass is 445 g/mol. The molecule has 2 heterocycles. The maximum Gasteiger partial charge on any atom is 0.261 e. The normalized spacial score (nSPS) is 14.9. The summed E-state index contributed by atoms with van der Waals surface area (Å²) < 4.78 is 0. The minimum Gasteiger partial charge on any atom is -0.349 e. The van der Waals surface area contributed by atoms with E-state index >= 15 is 0 Å². The standard InChI is InChI=1S/C23H28ClN3O2S/c1-15(2)8-11-27-12-9-17(10-13-27)25-23(29)21-16(3)14-20(30-21)26-22(28)18-6-4-5-7-19(18)24/h4-8,14,17H,9-13H2,1-3H3,(H,25,29)(H,26,28). The molecule has 1 aromatic carbocycles. The van der Waals surface area contributed by atoms with Crippen molar-refractivity contribution in [3.05, 3.63) is 63.0 Å². The summed E-state index contributed by atoms with van der Waals surface area (Å²) in [5.41, 5.74) is 2.60. The number of allylic oxidation sites excluding steroid dienone is 1. The van der Waals surface area contributed by atoms with Crippen LogP contribution in [0.3, 0.4) is 0 Å². The minimum absolute atomic E-state index is 0.0708. The molecule has 0 aliphatic carbocycles. The van der Waals surface area contributed by atoms with E-state index in [0.29, 0.717) is 20.5 Å². The molecule has 0 atom stereocenters. The average molecular weight is 446 g/mol. The van der Waals surface area contributed by atoms with E-state index in [4.69, 9.17) is 11.6 Å². The van der Waals surface area contributed by atoms with Crippen LogP contribution in [0, 0.1) is 6.92 Å². The number of likely N-dealkylation sites (tertiary alicyclic amines) is 1. The van der Waals surface area contributed by atoms with Gasteiger partial charge in [-0.2, -0.15) is 0 Å². The third-order valence-corrected chi connectivity index (χ3v) is 6.64. The van der Waals surface area contributed by atoms with Gasteiger partial charge in [-0.3, -0.25) is 14.5 Å². The minimum atomic E-state index is -0.280. The van der Waals surface area contributed by atoms with Gasteiger partial charge in [-0.25, -0.2) is 0 Å². The van der Waals surface area contributed by atoms with E-state index in [1.807, 2.05) is 13.0 Å². The van der Waals surface area contributed by atoms with Crippen LogP contribution in [0.2, 0.25) is 5.02 Å². The van der Waals surface area contributed by atoms with E-state index in [1.165, 1.54) is 16.9 Å². The molecule has 0 spiro atoms. The number of hydrogen-bond donors (Lipinski definition) is 2. The van der Waals surface area contributed by atoms with Crippen molar-refractivity contribution in [3.8, 4) is 0 Å².